The van der Waals surface area contributed by atoms with Gasteiger partial charge in [-0.15, -0.1) is 0 Å². The third kappa shape index (κ3) is 3.75. The van der Waals surface area contributed by atoms with Crippen molar-refractivity contribution in [1.82, 2.24) is 15.1 Å². The molecule has 6 heteroatoms. The number of rotatable bonds is 2. The van der Waals surface area contributed by atoms with Gasteiger partial charge in [0, 0.05) is 24.5 Å². The van der Waals surface area contributed by atoms with Gasteiger partial charge in [0.05, 0.1) is 5.52 Å². The second-order valence-electron chi connectivity index (χ2n) is 7.03. The van der Waals surface area contributed by atoms with Crippen LogP contribution >= 0.6 is 0 Å². The highest BCUT2D eigenvalue weighted by atomic mass is 16.6. The lowest BCUT2D eigenvalue weighted by atomic mass is 10.1. The van der Waals surface area contributed by atoms with Crippen LogP contribution in [0.4, 0.5) is 10.6 Å². The zero-order valence-corrected chi connectivity index (χ0v) is 13.9. The van der Waals surface area contributed by atoms with E-state index >= 15 is 0 Å². The third-order valence-electron chi connectivity index (χ3n) is 3.88. The molecule has 6 nitrogen and oxygen atoms in total. The van der Waals surface area contributed by atoms with Crippen molar-refractivity contribution in [2.75, 3.05) is 18.4 Å². The number of aromatic nitrogens is 2. The lowest BCUT2D eigenvalue weighted by Crippen LogP contribution is -2.47. The van der Waals surface area contributed by atoms with E-state index in [4.69, 9.17) is 4.74 Å². The number of anilines is 1. The van der Waals surface area contributed by atoms with Gasteiger partial charge in [-0.25, -0.2) is 4.79 Å². The van der Waals surface area contributed by atoms with Gasteiger partial charge in [0.1, 0.15) is 5.60 Å². The first-order chi connectivity index (χ1) is 10.9. The van der Waals surface area contributed by atoms with E-state index in [1.807, 2.05) is 45.0 Å². The number of aromatic amines is 1. The molecule has 2 N–H and O–H groups in total. The van der Waals surface area contributed by atoms with E-state index in [0.29, 0.717) is 6.54 Å². The highest BCUT2D eigenvalue weighted by Gasteiger charge is 2.28. The van der Waals surface area contributed by atoms with Crippen molar-refractivity contribution in [3.63, 3.8) is 0 Å². The van der Waals surface area contributed by atoms with Crippen LogP contribution in [-0.4, -0.2) is 45.9 Å². The van der Waals surface area contributed by atoms with Gasteiger partial charge >= 0.3 is 6.09 Å². The van der Waals surface area contributed by atoms with Crippen LogP contribution < -0.4 is 5.32 Å². The molecule has 1 saturated heterocycles. The summed E-state index contributed by atoms with van der Waals surface area (Å²) in [5, 5.41) is 11.9. The lowest BCUT2D eigenvalue weighted by Gasteiger charge is -2.34. The molecule has 1 unspecified atom stereocenters. The Hall–Kier alpha value is -2.24. The van der Waals surface area contributed by atoms with Gasteiger partial charge < -0.3 is 15.0 Å². The van der Waals surface area contributed by atoms with Crippen LogP contribution in [-0.2, 0) is 4.74 Å². The Kier molecular flexibility index (Phi) is 4.15. The average Bonchev–Trinajstić information content (AvgIpc) is 2.89. The van der Waals surface area contributed by atoms with E-state index in [-0.39, 0.29) is 12.1 Å². The first kappa shape index (κ1) is 15.6. The van der Waals surface area contributed by atoms with Crippen molar-refractivity contribution in [2.45, 2.75) is 45.3 Å². The molecule has 2 heterocycles. The normalized spacial score (nSPS) is 18.9. The first-order valence-corrected chi connectivity index (χ1v) is 8.10. The molecule has 1 aromatic heterocycles. The van der Waals surface area contributed by atoms with Crippen molar-refractivity contribution in [3.8, 4) is 0 Å². The third-order valence-corrected chi connectivity index (χ3v) is 3.88. The molecule has 0 spiro atoms. The second-order valence-corrected chi connectivity index (χ2v) is 7.03. The Bertz CT molecular complexity index is 689. The van der Waals surface area contributed by atoms with Gasteiger partial charge in [0.2, 0.25) is 0 Å². The van der Waals surface area contributed by atoms with Crippen LogP contribution in [0.1, 0.15) is 33.6 Å². The van der Waals surface area contributed by atoms with Crippen molar-refractivity contribution < 1.29 is 9.53 Å². The summed E-state index contributed by atoms with van der Waals surface area (Å²) in [5.74, 6) is 0.844. The van der Waals surface area contributed by atoms with Crippen LogP contribution in [0.15, 0.2) is 24.3 Å². The van der Waals surface area contributed by atoms with Crippen LogP contribution in [0.25, 0.3) is 10.9 Å². The van der Waals surface area contributed by atoms with E-state index in [1.54, 1.807) is 4.90 Å². The minimum absolute atomic E-state index is 0.183. The molecule has 1 fully saturated rings. The largest absolute Gasteiger partial charge is 0.444 e. The molecule has 0 aliphatic carbocycles. The van der Waals surface area contributed by atoms with Crippen LogP contribution in [0.5, 0.6) is 0 Å². The molecule has 2 aromatic rings. The van der Waals surface area contributed by atoms with Crippen molar-refractivity contribution in [1.29, 1.82) is 0 Å². The number of benzene rings is 1. The van der Waals surface area contributed by atoms with E-state index < -0.39 is 5.60 Å². The number of carbonyl (C=O) groups excluding carboxylic acids is 1. The van der Waals surface area contributed by atoms with Crippen molar-refractivity contribution >= 4 is 22.8 Å². The summed E-state index contributed by atoms with van der Waals surface area (Å²) in [7, 11) is 0. The van der Waals surface area contributed by atoms with Crippen molar-refractivity contribution in [3.05, 3.63) is 24.3 Å². The molecule has 1 aliphatic heterocycles. The smallest absolute Gasteiger partial charge is 0.410 e. The summed E-state index contributed by atoms with van der Waals surface area (Å²) in [5.41, 5.74) is 0.547. The summed E-state index contributed by atoms with van der Waals surface area (Å²) in [6.45, 7) is 7.05. The van der Waals surface area contributed by atoms with Gasteiger partial charge in [-0.2, -0.15) is 5.10 Å². The monoisotopic (exact) mass is 316 g/mol. The number of likely N-dealkylation sites (tertiary alicyclic amines) is 1. The van der Waals surface area contributed by atoms with Gasteiger partial charge in [0.25, 0.3) is 0 Å². The number of piperidine rings is 1. The molecule has 1 amide bonds. The number of nitrogens with zero attached hydrogens (tertiary/aromatic N) is 2. The van der Waals surface area contributed by atoms with E-state index in [9.17, 15) is 4.79 Å². The molecule has 1 atom stereocenters. The molecule has 23 heavy (non-hydrogen) atoms. The highest BCUT2D eigenvalue weighted by Crippen LogP contribution is 2.23. The van der Waals surface area contributed by atoms with Crippen LogP contribution in [0.2, 0.25) is 0 Å². The fraction of sp³-hybridized carbons (Fsp3) is 0.529. The summed E-state index contributed by atoms with van der Waals surface area (Å²) in [4.78, 5) is 14.0. The summed E-state index contributed by atoms with van der Waals surface area (Å²) >= 11 is 0. The van der Waals surface area contributed by atoms with Crippen LogP contribution in [0.3, 0.4) is 0 Å². The minimum Gasteiger partial charge on any atom is -0.444 e. The Balaban J connectivity index is 1.66. The Morgan fingerprint density at radius 3 is 2.96 bits per heavy atom. The number of fused-ring (bicyclic) bond motifs is 1. The molecule has 1 aliphatic rings. The van der Waals surface area contributed by atoms with Gasteiger partial charge in [-0.1, -0.05) is 12.1 Å². The number of H-pyrrole nitrogens is 1. The quantitative estimate of drug-likeness (QED) is 0.891. The summed E-state index contributed by atoms with van der Waals surface area (Å²) < 4.78 is 5.47. The maximum Gasteiger partial charge on any atom is 0.410 e. The number of para-hydroxylation sites is 1. The predicted octanol–water partition coefficient (Wildman–Crippen LogP) is 3.37. The molecule has 1 aromatic carbocycles. The minimum atomic E-state index is -0.462. The fourth-order valence-electron chi connectivity index (χ4n) is 2.85. The molecular weight excluding hydrogens is 292 g/mol. The maximum atomic E-state index is 12.2. The topological polar surface area (TPSA) is 70.2 Å². The SMILES string of the molecule is CC(C)(C)OC(=O)N1CCCC(Nc2n[nH]c3ccccc23)C1. The number of carbonyl (C=O) groups is 1. The van der Waals surface area contributed by atoms with Gasteiger partial charge in [-0.3, -0.25) is 5.10 Å². The van der Waals surface area contributed by atoms with E-state index in [2.05, 4.69) is 15.5 Å². The highest BCUT2D eigenvalue weighted by molar-refractivity contribution is 5.89. The standard InChI is InChI=1S/C17H24N4O2/c1-17(2,3)23-16(22)21-10-6-7-12(11-21)18-15-13-8-4-5-9-14(13)19-20-15/h4-5,8-9,12H,6-7,10-11H2,1-3H3,(H2,18,19,20). The molecule has 0 radical (unpaired) electrons. The molecule has 0 bridgehead atoms. The van der Waals surface area contributed by atoms with E-state index in [1.165, 1.54) is 0 Å². The van der Waals surface area contributed by atoms with Gasteiger partial charge in [-0.05, 0) is 45.7 Å². The summed E-state index contributed by atoms with van der Waals surface area (Å²) in [6, 6.07) is 8.20. The number of nitrogens with one attached hydrogen (secondary N) is 2. The number of hydrogen-bond donors (Lipinski definition) is 2. The maximum absolute atomic E-state index is 12.2. The van der Waals surface area contributed by atoms with E-state index in [0.717, 1.165) is 36.1 Å². The summed E-state index contributed by atoms with van der Waals surface area (Å²) in [6.07, 6.45) is 1.73. The average molecular weight is 316 g/mol. The Labute approximate surface area is 136 Å². The first-order valence-electron chi connectivity index (χ1n) is 8.10. The zero-order chi connectivity index (χ0) is 16.4. The Morgan fingerprint density at radius 1 is 1.39 bits per heavy atom. The van der Waals surface area contributed by atoms with Crippen LogP contribution in [0, 0.1) is 0 Å². The second kappa shape index (κ2) is 6.10. The Morgan fingerprint density at radius 2 is 2.17 bits per heavy atom. The molecule has 124 valence electrons. The zero-order valence-electron chi connectivity index (χ0n) is 13.9. The van der Waals surface area contributed by atoms with Crippen molar-refractivity contribution in [2.24, 2.45) is 0 Å². The molecule has 3 rings (SSSR count). The lowest BCUT2D eigenvalue weighted by molar-refractivity contribution is 0.0206. The number of ether oxygens (including phenoxy) is 1. The van der Waals surface area contributed by atoms with Gasteiger partial charge in [0.15, 0.2) is 5.82 Å². The number of amides is 1. The molecular formula is C17H24N4O2. The molecule has 0 saturated carbocycles. The predicted molar refractivity (Wildman–Crippen MR) is 90.5 cm³/mol. The number of hydrogen-bond acceptors (Lipinski definition) is 4. The fourth-order valence-corrected chi connectivity index (χ4v) is 2.85.